The first-order valence-electron chi connectivity index (χ1n) is 14.8. The largest absolute Gasteiger partial charge is 0.492 e. The summed E-state index contributed by atoms with van der Waals surface area (Å²) in [7, 11) is -2.97. The van der Waals surface area contributed by atoms with Crippen LogP contribution in [0.2, 0.25) is 0 Å². The van der Waals surface area contributed by atoms with E-state index in [9.17, 15) is 26.4 Å². The van der Waals surface area contributed by atoms with Gasteiger partial charge in [-0.1, -0.05) is 44.2 Å². The lowest BCUT2D eigenvalue weighted by Gasteiger charge is -2.26. The zero-order chi connectivity index (χ0) is 33.8. The fraction of sp³-hybridized carbons (Fsp3) is 0.533. The second kappa shape index (κ2) is 14.4. The minimum absolute atomic E-state index is 0.0199. The van der Waals surface area contributed by atoms with Gasteiger partial charge < -0.3 is 24.6 Å². The molecule has 1 fully saturated rings. The van der Waals surface area contributed by atoms with E-state index >= 15 is 0 Å². The van der Waals surface area contributed by atoms with Crippen LogP contribution < -0.4 is 10.6 Å². The van der Waals surface area contributed by atoms with Crippen LogP contribution in [0.15, 0.2) is 46.9 Å². The molecule has 2 aromatic heterocycles. The normalized spacial score (nSPS) is 18.1. The van der Waals surface area contributed by atoms with Crippen LogP contribution in [0.5, 0.6) is 0 Å². The fourth-order valence-corrected chi connectivity index (χ4v) is 5.67. The Morgan fingerprint density at radius 3 is 2.41 bits per heavy atom. The number of benzene rings is 1. The summed E-state index contributed by atoms with van der Waals surface area (Å²) >= 11 is 0. The fourth-order valence-electron chi connectivity index (χ4n) is 4.71. The van der Waals surface area contributed by atoms with Crippen molar-refractivity contribution < 1.29 is 40.4 Å². The van der Waals surface area contributed by atoms with Crippen LogP contribution in [0.3, 0.4) is 0 Å². The van der Waals surface area contributed by atoms with Gasteiger partial charge in [-0.25, -0.2) is 18.2 Å². The van der Waals surface area contributed by atoms with Gasteiger partial charge >= 0.3 is 12.1 Å². The summed E-state index contributed by atoms with van der Waals surface area (Å²) in [5, 5.41) is 7.19. The second-order valence-electron chi connectivity index (χ2n) is 11.7. The summed E-state index contributed by atoms with van der Waals surface area (Å²) in [5.74, 6) is -1.50. The van der Waals surface area contributed by atoms with Gasteiger partial charge in [0.2, 0.25) is 21.8 Å². The molecule has 16 heteroatoms. The number of hydroxylamine groups is 1. The molecule has 0 aliphatic heterocycles. The molecule has 0 spiro atoms. The second-order valence-corrected chi connectivity index (χ2v) is 14.1. The molecule has 1 aliphatic carbocycles. The van der Waals surface area contributed by atoms with E-state index in [0.717, 1.165) is 12.0 Å². The molecule has 4 atom stereocenters. The Hall–Kier alpha value is -3.60. The van der Waals surface area contributed by atoms with Gasteiger partial charge in [0.25, 0.3) is 0 Å². The molecular weight excluding hydrogens is 629 g/mol. The van der Waals surface area contributed by atoms with Crippen molar-refractivity contribution in [3.8, 4) is 11.5 Å². The number of aromatic nitrogens is 3. The van der Waals surface area contributed by atoms with Crippen molar-refractivity contribution in [1.29, 1.82) is 0 Å². The molecule has 46 heavy (non-hydrogen) atoms. The molecule has 2 heterocycles. The van der Waals surface area contributed by atoms with E-state index in [2.05, 4.69) is 26.9 Å². The van der Waals surface area contributed by atoms with Gasteiger partial charge in [-0.05, 0) is 54.3 Å². The number of alkyl halides is 3. The molecule has 252 valence electrons. The van der Waals surface area contributed by atoms with Crippen LogP contribution in [0, 0.1) is 11.8 Å². The molecule has 3 aromatic rings. The van der Waals surface area contributed by atoms with E-state index in [1.165, 1.54) is 19.9 Å². The minimum atomic E-state index is -5.43. The third-order valence-electron chi connectivity index (χ3n) is 7.87. The number of hydrogen-bond acceptors (Lipinski definition) is 11. The molecular formula is C30H39F3N6O6S. The molecule has 2 N–H and O–H groups in total. The van der Waals surface area contributed by atoms with Gasteiger partial charge in [0.15, 0.2) is 0 Å². The first-order valence-corrected chi connectivity index (χ1v) is 16.3. The van der Waals surface area contributed by atoms with Gasteiger partial charge in [-0.3, -0.25) is 0 Å². The number of hydrogen-bond donors (Lipinski definition) is 1. The van der Waals surface area contributed by atoms with E-state index < -0.39 is 40.0 Å². The number of rotatable bonds is 15. The van der Waals surface area contributed by atoms with E-state index in [1.807, 2.05) is 42.2 Å². The van der Waals surface area contributed by atoms with Crippen molar-refractivity contribution >= 4 is 21.8 Å². The van der Waals surface area contributed by atoms with E-state index in [-0.39, 0.29) is 27.9 Å². The monoisotopic (exact) mass is 668 g/mol. The molecule has 4 rings (SSSR count). The number of methoxy groups -OCH3 is 1. The highest BCUT2D eigenvalue weighted by molar-refractivity contribution is 7.89. The Kier molecular flexibility index (Phi) is 11.1. The van der Waals surface area contributed by atoms with Crippen molar-refractivity contribution in [2.45, 2.75) is 64.0 Å². The van der Waals surface area contributed by atoms with Gasteiger partial charge in [0, 0.05) is 31.8 Å². The molecule has 1 saturated carbocycles. The Morgan fingerprint density at radius 1 is 1.15 bits per heavy atom. The SMILES string of the molecule is COCCN(CC1CC1C)c1cc(-c2nnc(C(C)C(N)c3ccccc3)o2)cc(CN(OC(=O)C(F)(F)F)S(=O)(=O)C(C)C)n1. The van der Waals surface area contributed by atoms with Gasteiger partial charge in [0.1, 0.15) is 5.82 Å². The van der Waals surface area contributed by atoms with Crippen LogP contribution in [0.1, 0.15) is 63.2 Å². The van der Waals surface area contributed by atoms with Gasteiger partial charge in [0.05, 0.1) is 30.0 Å². The van der Waals surface area contributed by atoms with Crippen molar-refractivity contribution in [3.05, 3.63) is 59.6 Å². The Labute approximate surface area is 266 Å². The zero-order valence-corrected chi connectivity index (χ0v) is 27.1. The maximum absolute atomic E-state index is 13.1. The minimum Gasteiger partial charge on any atom is -0.420 e. The summed E-state index contributed by atoms with van der Waals surface area (Å²) < 4.78 is 76.8. The smallest absolute Gasteiger partial charge is 0.420 e. The first-order chi connectivity index (χ1) is 21.6. The molecule has 4 unspecified atom stereocenters. The van der Waals surface area contributed by atoms with E-state index in [0.29, 0.717) is 42.9 Å². The molecule has 0 radical (unpaired) electrons. The van der Waals surface area contributed by atoms with Crippen LogP contribution in [-0.4, -0.2) is 72.3 Å². The number of carbonyl (C=O) groups is 1. The Morgan fingerprint density at radius 2 is 1.83 bits per heavy atom. The highest BCUT2D eigenvalue weighted by Crippen LogP contribution is 2.39. The molecule has 0 saturated heterocycles. The lowest BCUT2D eigenvalue weighted by molar-refractivity contribution is -0.224. The summed E-state index contributed by atoms with van der Waals surface area (Å²) in [4.78, 5) is 22.7. The summed E-state index contributed by atoms with van der Waals surface area (Å²) in [6.45, 7) is 7.04. The lowest BCUT2D eigenvalue weighted by Crippen LogP contribution is -2.41. The summed E-state index contributed by atoms with van der Waals surface area (Å²) in [6.07, 6.45) is -4.42. The molecule has 0 amide bonds. The van der Waals surface area contributed by atoms with Crippen LogP contribution in [0.4, 0.5) is 19.0 Å². The summed E-state index contributed by atoms with van der Waals surface area (Å²) in [6, 6.07) is 12.0. The molecule has 1 aliphatic rings. The first kappa shape index (κ1) is 35.3. The number of halogens is 3. The van der Waals surface area contributed by atoms with Gasteiger partial charge in [-0.2, -0.15) is 13.2 Å². The number of anilines is 1. The number of pyridine rings is 1. The maximum Gasteiger partial charge on any atom is 0.492 e. The van der Waals surface area contributed by atoms with Crippen LogP contribution >= 0.6 is 0 Å². The number of nitrogens with zero attached hydrogens (tertiary/aromatic N) is 5. The Balaban J connectivity index is 1.75. The van der Waals surface area contributed by atoms with Crippen LogP contribution in [-0.2, 0) is 30.9 Å². The lowest BCUT2D eigenvalue weighted by atomic mass is 9.95. The predicted octanol–water partition coefficient (Wildman–Crippen LogP) is 4.60. The van der Waals surface area contributed by atoms with Gasteiger partial charge in [-0.15, -0.1) is 10.2 Å². The molecule has 12 nitrogen and oxygen atoms in total. The average molecular weight is 669 g/mol. The topological polar surface area (TPSA) is 154 Å². The highest BCUT2D eigenvalue weighted by atomic mass is 32.2. The van der Waals surface area contributed by atoms with Crippen molar-refractivity contribution in [2.75, 3.05) is 31.7 Å². The maximum atomic E-state index is 13.1. The van der Waals surface area contributed by atoms with Crippen molar-refractivity contribution in [3.63, 3.8) is 0 Å². The Bertz CT molecular complexity index is 1590. The summed E-state index contributed by atoms with van der Waals surface area (Å²) in [5.41, 5.74) is 7.64. The number of carbonyl (C=O) groups excluding carboxylic acids is 1. The standard InChI is InChI=1S/C30H39F3N6O6S/c1-18(2)46(41,42)39(45-29(40)30(31,32)33)17-24-14-22(15-25(35-24)38(11-12-43-5)16-23-13-19(23)3)28-37-36-27(44-28)20(4)26(34)21-9-7-6-8-10-21/h6-10,14-15,18-20,23,26H,11-13,16-17,34H2,1-5H3. The number of ether oxygens (including phenoxy) is 1. The highest BCUT2D eigenvalue weighted by Gasteiger charge is 2.45. The predicted molar refractivity (Wildman–Crippen MR) is 162 cm³/mol. The average Bonchev–Trinajstić information content (AvgIpc) is 3.48. The quantitative estimate of drug-likeness (QED) is 0.226. The van der Waals surface area contributed by atoms with Crippen molar-refractivity contribution in [2.24, 2.45) is 17.6 Å². The van der Waals surface area contributed by atoms with E-state index in [4.69, 9.17) is 14.9 Å². The van der Waals surface area contributed by atoms with Crippen molar-refractivity contribution in [1.82, 2.24) is 19.6 Å². The third-order valence-corrected chi connectivity index (χ3v) is 9.84. The third kappa shape index (κ3) is 8.60. The van der Waals surface area contributed by atoms with Crippen LogP contribution in [0.25, 0.3) is 11.5 Å². The molecule has 0 bridgehead atoms. The van der Waals surface area contributed by atoms with E-state index in [1.54, 1.807) is 13.2 Å². The number of nitrogens with two attached hydrogens (primary N) is 1. The molecule has 1 aromatic carbocycles. The zero-order valence-electron chi connectivity index (χ0n) is 26.3. The number of sulfonamides is 1.